The zero-order chi connectivity index (χ0) is 12.6. The average molecular weight is 266 g/mol. The molecule has 3 nitrogen and oxygen atoms in total. The Morgan fingerprint density at radius 3 is 2.71 bits per heavy atom. The Kier molecular flexibility index (Phi) is 3.05. The monoisotopic (exact) mass is 266 g/mol. The van der Waals surface area contributed by atoms with Crippen molar-refractivity contribution in [2.45, 2.75) is 20.4 Å². The lowest BCUT2D eigenvalue weighted by molar-refractivity contribution is 0.446. The molecular weight excluding hydrogens is 252 g/mol. The lowest BCUT2D eigenvalue weighted by Crippen LogP contribution is -2.35. The summed E-state index contributed by atoms with van der Waals surface area (Å²) < 4.78 is 2.72. The van der Waals surface area contributed by atoms with Gasteiger partial charge in [0.15, 0.2) is 0 Å². The third-order valence-corrected chi connectivity index (χ3v) is 4.38. The molecule has 2 aromatic rings. The van der Waals surface area contributed by atoms with Crippen LogP contribution in [-0.2, 0) is 6.54 Å². The molecule has 1 heterocycles. The van der Waals surface area contributed by atoms with E-state index in [4.69, 9.17) is 18.0 Å². The van der Waals surface area contributed by atoms with E-state index in [2.05, 4.69) is 0 Å². The Balaban J connectivity index is 2.47. The van der Waals surface area contributed by atoms with Crippen LogP contribution < -0.4 is 11.3 Å². The molecule has 5 heteroatoms. The van der Waals surface area contributed by atoms with E-state index in [1.54, 1.807) is 3.96 Å². The van der Waals surface area contributed by atoms with Crippen molar-refractivity contribution in [1.29, 1.82) is 0 Å². The highest BCUT2D eigenvalue weighted by molar-refractivity contribution is 7.80. The summed E-state index contributed by atoms with van der Waals surface area (Å²) in [4.78, 5) is 12.6. The van der Waals surface area contributed by atoms with Crippen LogP contribution in [0.15, 0.2) is 29.1 Å². The van der Waals surface area contributed by atoms with Gasteiger partial charge in [0.25, 0.3) is 5.56 Å². The molecule has 0 bridgehead atoms. The predicted molar refractivity (Wildman–Crippen MR) is 76.7 cm³/mol. The van der Waals surface area contributed by atoms with Crippen LogP contribution in [0.5, 0.6) is 0 Å². The SMILES string of the molecule is CC(C)(Cn1sc2ccccc2c1=O)C(N)=S. The van der Waals surface area contributed by atoms with Gasteiger partial charge in [-0.1, -0.05) is 49.7 Å². The zero-order valence-electron chi connectivity index (χ0n) is 9.77. The Labute approximate surface area is 109 Å². The van der Waals surface area contributed by atoms with Crippen LogP contribution in [0.25, 0.3) is 10.1 Å². The van der Waals surface area contributed by atoms with Crippen molar-refractivity contribution >= 4 is 38.8 Å². The quantitative estimate of drug-likeness (QED) is 0.868. The molecule has 1 aromatic heterocycles. The highest BCUT2D eigenvalue weighted by atomic mass is 32.1. The van der Waals surface area contributed by atoms with Gasteiger partial charge in [0.05, 0.1) is 15.1 Å². The maximum Gasteiger partial charge on any atom is 0.268 e. The number of aromatic nitrogens is 1. The zero-order valence-corrected chi connectivity index (χ0v) is 11.4. The molecule has 0 aliphatic heterocycles. The molecule has 90 valence electrons. The van der Waals surface area contributed by atoms with Gasteiger partial charge in [-0.3, -0.25) is 8.75 Å². The molecule has 2 rings (SSSR count). The summed E-state index contributed by atoms with van der Waals surface area (Å²) in [6.07, 6.45) is 0. The minimum Gasteiger partial charge on any atom is -0.393 e. The summed E-state index contributed by atoms with van der Waals surface area (Å²) >= 11 is 6.48. The Morgan fingerprint density at radius 2 is 2.12 bits per heavy atom. The average Bonchev–Trinajstić information content (AvgIpc) is 2.56. The second-order valence-corrected chi connectivity index (χ2v) is 6.18. The van der Waals surface area contributed by atoms with E-state index in [1.165, 1.54) is 11.5 Å². The Morgan fingerprint density at radius 1 is 1.47 bits per heavy atom. The van der Waals surface area contributed by atoms with Gasteiger partial charge in [-0.2, -0.15) is 0 Å². The van der Waals surface area contributed by atoms with Gasteiger partial charge < -0.3 is 5.73 Å². The summed E-state index contributed by atoms with van der Waals surface area (Å²) in [6.45, 7) is 4.43. The second kappa shape index (κ2) is 4.23. The Hall–Kier alpha value is -1.20. The van der Waals surface area contributed by atoms with Crippen molar-refractivity contribution in [1.82, 2.24) is 3.96 Å². The largest absolute Gasteiger partial charge is 0.393 e. The number of nitrogens with zero attached hydrogens (tertiary/aromatic N) is 1. The maximum absolute atomic E-state index is 12.1. The number of fused-ring (bicyclic) bond motifs is 1. The number of benzene rings is 1. The molecule has 0 saturated carbocycles. The van der Waals surface area contributed by atoms with Crippen LogP contribution in [0, 0.1) is 5.41 Å². The molecule has 1 aromatic carbocycles. The summed E-state index contributed by atoms with van der Waals surface area (Å²) in [5.41, 5.74) is 5.37. The van der Waals surface area contributed by atoms with E-state index in [0.29, 0.717) is 11.5 Å². The van der Waals surface area contributed by atoms with Gasteiger partial charge >= 0.3 is 0 Å². The minimum atomic E-state index is -0.347. The van der Waals surface area contributed by atoms with Gasteiger partial charge in [-0.25, -0.2) is 0 Å². The van der Waals surface area contributed by atoms with Gasteiger partial charge in [-0.15, -0.1) is 0 Å². The van der Waals surface area contributed by atoms with Crippen LogP contribution in [0.1, 0.15) is 13.8 Å². The predicted octanol–water partition coefficient (Wildman–Crippen LogP) is 2.38. The van der Waals surface area contributed by atoms with Gasteiger partial charge in [0.1, 0.15) is 0 Å². The van der Waals surface area contributed by atoms with Crippen LogP contribution in [0.2, 0.25) is 0 Å². The van der Waals surface area contributed by atoms with Crippen LogP contribution in [0.4, 0.5) is 0 Å². The summed E-state index contributed by atoms with van der Waals surface area (Å²) in [5.74, 6) is 0. The van der Waals surface area contributed by atoms with Gasteiger partial charge in [-0.05, 0) is 12.1 Å². The van der Waals surface area contributed by atoms with Crippen LogP contribution in [0.3, 0.4) is 0 Å². The highest BCUT2D eigenvalue weighted by Gasteiger charge is 2.23. The molecule has 0 radical (unpaired) electrons. The van der Waals surface area contributed by atoms with Crippen molar-refractivity contribution in [3.8, 4) is 0 Å². The van der Waals surface area contributed by atoms with Crippen molar-refractivity contribution < 1.29 is 0 Å². The highest BCUT2D eigenvalue weighted by Crippen LogP contribution is 2.22. The first-order valence-corrected chi connectivity index (χ1v) is 6.49. The molecule has 0 aliphatic rings. The van der Waals surface area contributed by atoms with E-state index in [-0.39, 0.29) is 11.0 Å². The number of hydrogen-bond acceptors (Lipinski definition) is 3. The molecule has 0 spiro atoms. The van der Waals surface area contributed by atoms with Crippen LogP contribution >= 0.6 is 23.8 Å². The fourth-order valence-electron chi connectivity index (χ4n) is 1.56. The molecule has 0 unspecified atom stereocenters. The van der Waals surface area contributed by atoms with E-state index >= 15 is 0 Å². The first-order valence-electron chi connectivity index (χ1n) is 5.30. The smallest absolute Gasteiger partial charge is 0.268 e. The van der Waals surface area contributed by atoms with Crippen LogP contribution in [-0.4, -0.2) is 8.95 Å². The third kappa shape index (κ3) is 2.25. The summed E-state index contributed by atoms with van der Waals surface area (Å²) in [5, 5.41) is 0.760. The topological polar surface area (TPSA) is 48.0 Å². The van der Waals surface area contributed by atoms with E-state index in [1.807, 2.05) is 38.1 Å². The Bertz CT molecular complexity index is 625. The standard InChI is InChI=1S/C12H14N2OS2/c1-12(2,11(13)16)7-14-10(15)8-5-3-4-6-9(8)17-14/h3-6H,7H2,1-2H3,(H2,13,16). The van der Waals surface area contributed by atoms with E-state index in [0.717, 1.165) is 10.1 Å². The molecular formula is C12H14N2OS2. The minimum absolute atomic E-state index is 0.0370. The summed E-state index contributed by atoms with van der Waals surface area (Å²) in [6, 6.07) is 7.60. The van der Waals surface area contributed by atoms with Crippen molar-refractivity contribution in [2.24, 2.45) is 11.1 Å². The number of rotatable bonds is 3. The first kappa shape index (κ1) is 12.3. The molecule has 0 amide bonds. The van der Waals surface area contributed by atoms with Crippen molar-refractivity contribution in [3.63, 3.8) is 0 Å². The molecule has 2 N–H and O–H groups in total. The fourth-order valence-corrected chi connectivity index (χ4v) is 2.82. The van der Waals surface area contributed by atoms with Crippen molar-refractivity contribution in [2.75, 3.05) is 0 Å². The normalized spacial score (nSPS) is 11.9. The fraction of sp³-hybridized carbons (Fsp3) is 0.333. The van der Waals surface area contributed by atoms with E-state index in [9.17, 15) is 4.79 Å². The maximum atomic E-state index is 12.1. The molecule has 0 fully saturated rings. The van der Waals surface area contributed by atoms with Gasteiger partial charge in [0.2, 0.25) is 0 Å². The molecule has 0 atom stereocenters. The third-order valence-electron chi connectivity index (χ3n) is 2.76. The van der Waals surface area contributed by atoms with Gasteiger partial charge in [0, 0.05) is 12.0 Å². The number of hydrogen-bond donors (Lipinski definition) is 1. The molecule has 17 heavy (non-hydrogen) atoms. The first-order chi connectivity index (χ1) is 7.92. The lowest BCUT2D eigenvalue weighted by Gasteiger charge is -2.22. The van der Waals surface area contributed by atoms with Crippen molar-refractivity contribution in [3.05, 3.63) is 34.6 Å². The second-order valence-electron chi connectivity index (χ2n) is 4.68. The number of nitrogens with two attached hydrogens (primary N) is 1. The lowest BCUT2D eigenvalue weighted by atomic mass is 9.94. The van der Waals surface area contributed by atoms with E-state index < -0.39 is 0 Å². The summed E-state index contributed by atoms with van der Waals surface area (Å²) in [7, 11) is 0. The molecule has 0 aliphatic carbocycles. The number of thiocarbonyl (C=S) groups is 1. The molecule has 0 saturated heterocycles.